The first-order chi connectivity index (χ1) is 13.6. The van der Waals surface area contributed by atoms with Gasteiger partial charge in [0.25, 0.3) is 5.91 Å². The topological polar surface area (TPSA) is 89.3 Å². The van der Waals surface area contributed by atoms with E-state index in [0.717, 1.165) is 12.1 Å². The molecule has 0 atom stereocenters. The fourth-order valence-corrected chi connectivity index (χ4v) is 2.77. The normalized spacial score (nSPS) is 11.3. The number of ether oxygens (including phenoxy) is 1. The Hall–Kier alpha value is -2.98. The number of halogens is 5. The van der Waals surface area contributed by atoms with Crippen LogP contribution in [0, 0.1) is 0 Å². The van der Waals surface area contributed by atoms with Crippen molar-refractivity contribution >= 4 is 29.1 Å². The van der Waals surface area contributed by atoms with Gasteiger partial charge in [0.2, 0.25) is 5.82 Å². The number of aromatic nitrogens is 3. The number of aromatic hydroxyl groups is 1. The number of hydrogen-bond acceptors (Lipinski definition) is 5. The van der Waals surface area contributed by atoms with Crippen molar-refractivity contribution in [3.8, 4) is 17.2 Å². The number of carbonyl (C=O) groups excluding carboxylic acids is 1. The van der Waals surface area contributed by atoms with Crippen LogP contribution in [0.25, 0.3) is 5.69 Å². The zero-order valence-electron chi connectivity index (χ0n) is 14.2. The van der Waals surface area contributed by atoms with E-state index in [9.17, 15) is 23.1 Å². The molecule has 0 aliphatic rings. The molecule has 29 heavy (non-hydrogen) atoms. The largest absolute Gasteiger partial charge is 0.573 e. The number of nitrogens with one attached hydrogen (secondary N) is 1. The van der Waals surface area contributed by atoms with Crippen molar-refractivity contribution in [3.63, 3.8) is 0 Å². The van der Waals surface area contributed by atoms with Crippen LogP contribution < -0.4 is 10.1 Å². The summed E-state index contributed by atoms with van der Waals surface area (Å²) >= 11 is 11.7. The van der Waals surface area contributed by atoms with Gasteiger partial charge in [-0.1, -0.05) is 35.3 Å². The SMILES string of the molecule is O=C(NCc1cccc(OC(F)(F)F)c1)c1ncn(-c2cc(Cl)c(O)c(Cl)c2)n1. The number of phenolic OH excluding ortho intramolecular Hbond substituents is 1. The van der Waals surface area contributed by atoms with Crippen LogP contribution in [0.3, 0.4) is 0 Å². The second kappa shape index (κ2) is 8.18. The Morgan fingerprint density at radius 2 is 1.90 bits per heavy atom. The molecule has 3 aromatic rings. The lowest BCUT2D eigenvalue weighted by Crippen LogP contribution is -2.24. The Labute approximate surface area is 171 Å². The molecule has 2 aromatic carbocycles. The maximum atomic E-state index is 12.3. The predicted molar refractivity (Wildman–Crippen MR) is 97.3 cm³/mol. The van der Waals surface area contributed by atoms with Gasteiger partial charge in [0.15, 0.2) is 5.75 Å². The lowest BCUT2D eigenvalue weighted by atomic mass is 10.2. The van der Waals surface area contributed by atoms with Crippen LogP contribution in [0.2, 0.25) is 10.0 Å². The van der Waals surface area contributed by atoms with Crippen LogP contribution >= 0.6 is 23.2 Å². The van der Waals surface area contributed by atoms with Crippen molar-refractivity contribution in [1.29, 1.82) is 0 Å². The molecule has 1 aromatic heterocycles. The number of phenols is 1. The molecule has 0 radical (unpaired) electrons. The second-order valence-electron chi connectivity index (χ2n) is 5.65. The number of carbonyl (C=O) groups is 1. The Bertz CT molecular complexity index is 1030. The molecule has 12 heteroatoms. The van der Waals surface area contributed by atoms with Crippen LogP contribution in [0.1, 0.15) is 16.2 Å². The molecule has 1 heterocycles. The van der Waals surface area contributed by atoms with E-state index in [0.29, 0.717) is 11.3 Å². The summed E-state index contributed by atoms with van der Waals surface area (Å²) in [6.07, 6.45) is -3.57. The first kappa shape index (κ1) is 20.7. The van der Waals surface area contributed by atoms with Gasteiger partial charge < -0.3 is 15.2 Å². The maximum absolute atomic E-state index is 12.3. The van der Waals surface area contributed by atoms with E-state index in [1.165, 1.54) is 35.3 Å². The molecule has 0 saturated carbocycles. The summed E-state index contributed by atoms with van der Waals surface area (Å²) in [6, 6.07) is 7.95. The first-order valence-corrected chi connectivity index (χ1v) is 8.61. The van der Waals surface area contributed by atoms with Gasteiger partial charge >= 0.3 is 6.36 Å². The van der Waals surface area contributed by atoms with Gasteiger partial charge in [0, 0.05) is 6.54 Å². The van der Waals surface area contributed by atoms with E-state index in [-0.39, 0.29) is 28.2 Å². The minimum absolute atomic E-state index is 0.00467. The smallest absolute Gasteiger partial charge is 0.505 e. The third-order valence-corrected chi connectivity index (χ3v) is 4.12. The fourth-order valence-electron chi connectivity index (χ4n) is 2.29. The molecule has 0 unspecified atom stereocenters. The molecule has 1 amide bonds. The molecule has 7 nitrogen and oxygen atoms in total. The van der Waals surface area contributed by atoms with Gasteiger partial charge in [-0.25, -0.2) is 9.67 Å². The minimum Gasteiger partial charge on any atom is -0.505 e. The quantitative estimate of drug-likeness (QED) is 0.615. The summed E-state index contributed by atoms with van der Waals surface area (Å²) in [4.78, 5) is 16.1. The number of alkyl halides is 3. The number of nitrogens with zero attached hydrogens (tertiary/aromatic N) is 3. The molecule has 0 aliphatic carbocycles. The summed E-state index contributed by atoms with van der Waals surface area (Å²) in [5.74, 6) is -1.52. The van der Waals surface area contributed by atoms with Crippen molar-refractivity contribution in [2.45, 2.75) is 12.9 Å². The zero-order chi connectivity index (χ0) is 21.2. The third kappa shape index (κ3) is 5.30. The molecule has 0 bridgehead atoms. The van der Waals surface area contributed by atoms with Gasteiger partial charge in [-0.05, 0) is 29.8 Å². The van der Waals surface area contributed by atoms with E-state index >= 15 is 0 Å². The van der Waals surface area contributed by atoms with Crippen LogP contribution in [0.5, 0.6) is 11.5 Å². The van der Waals surface area contributed by atoms with Gasteiger partial charge in [0.05, 0.1) is 15.7 Å². The van der Waals surface area contributed by atoms with Crippen LogP contribution in [-0.4, -0.2) is 32.1 Å². The lowest BCUT2D eigenvalue weighted by Gasteiger charge is -2.10. The number of rotatable bonds is 5. The van der Waals surface area contributed by atoms with Crippen LogP contribution in [0.4, 0.5) is 13.2 Å². The number of hydrogen-bond donors (Lipinski definition) is 2. The van der Waals surface area contributed by atoms with Crippen LogP contribution in [-0.2, 0) is 6.54 Å². The molecular weight excluding hydrogens is 436 g/mol. The minimum atomic E-state index is -4.81. The van der Waals surface area contributed by atoms with E-state index in [1.54, 1.807) is 0 Å². The van der Waals surface area contributed by atoms with Crippen molar-refractivity contribution in [2.75, 3.05) is 0 Å². The maximum Gasteiger partial charge on any atom is 0.573 e. The highest BCUT2D eigenvalue weighted by Gasteiger charge is 2.31. The molecule has 0 saturated heterocycles. The first-order valence-electron chi connectivity index (χ1n) is 7.85. The lowest BCUT2D eigenvalue weighted by molar-refractivity contribution is -0.274. The van der Waals surface area contributed by atoms with Crippen molar-refractivity contribution < 1.29 is 27.8 Å². The van der Waals surface area contributed by atoms with E-state index in [1.807, 2.05) is 0 Å². The van der Waals surface area contributed by atoms with Gasteiger partial charge in [-0.15, -0.1) is 18.3 Å². The summed E-state index contributed by atoms with van der Waals surface area (Å²) in [5.41, 5.74) is 0.748. The summed E-state index contributed by atoms with van der Waals surface area (Å²) in [6.45, 7) is -0.0701. The summed E-state index contributed by atoms with van der Waals surface area (Å²) in [7, 11) is 0. The highest BCUT2D eigenvalue weighted by Crippen LogP contribution is 2.33. The van der Waals surface area contributed by atoms with Crippen molar-refractivity contribution in [1.82, 2.24) is 20.1 Å². The van der Waals surface area contributed by atoms with E-state index < -0.39 is 18.0 Å². The Morgan fingerprint density at radius 3 is 2.55 bits per heavy atom. The molecule has 3 rings (SSSR count). The zero-order valence-corrected chi connectivity index (χ0v) is 15.8. The van der Waals surface area contributed by atoms with Crippen molar-refractivity contribution in [2.24, 2.45) is 0 Å². The molecule has 0 aliphatic heterocycles. The molecule has 152 valence electrons. The van der Waals surface area contributed by atoms with Crippen LogP contribution in [0.15, 0.2) is 42.7 Å². The summed E-state index contributed by atoms with van der Waals surface area (Å²) < 4.78 is 41.9. The van der Waals surface area contributed by atoms with Gasteiger partial charge in [-0.2, -0.15) is 0 Å². The number of benzene rings is 2. The average Bonchev–Trinajstić information content (AvgIpc) is 3.13. The highest BCUT2D eigenvalue weighted by atomic mass is 35.5. The van der Waals surface area contributed by atoms with E-state index in [2.05, 4.69) is 20.1 Å². The average molecular weight is 447 g/mol. The predicted octanol–water partition coefficient (Wildman–Crippen LogP) is 4.11. The highest BCUT2D eigenvalue weighted by molar-refractivity contribution is 6.37. The molecule has 2 N–H and O–H groups in total. The Balaban J connectivity index is 1.68. The standard InChI is InChI=1S/C17H11Cl2F3N4O3/c18-12-5-10(6-13(19)14(12)27)26-8-24-15(25-26)16(28)23-7-9-2-1-3-11(4-9)29-17(20,21)22/h1-6,8,27H,7H2,(H,23,28). The molecular formula is C17H11Cl2F3N4O3. The Morgan fingerprint density at radius 1 is 1.21 bits per heavy atom. The van der Waals surface area contributed by atoms with E-state index in [4.69, 9.17) is 23.2 Å². The fraction of sp³-hybridized carbons (Fsp3) is 0.118. The molecule has 0 fully saturated rings. The van der Waals surface area contributed by atoms with Crippen molar-refractivity contribution in [3.05, 3.63) is 64.2 Å². The van der Waals surface area contributed by atoms with Gasteiger partial charge in [-0.3, -0.25) is 4.79 Å². The Kier molecular flexibility index (Phi) is 5.85. The second-order valence-corrected chi connectivity index (χ2v) is 6.46. The van der Waals surface area contributed by atoms with Gasteiger partial charge in [0.1, 0.15) is 12.1 Å². The monoisotopic (exact) mass is 446 g/mol. The summed E-state index contributed by atoms with van der Waals surface area (Å²) in [5, 5.41) is 16.1. The third-order valence-electron chi connectivity index (χ3n) is 3.55. The molecule has 0 spiro atoms. The number of amides is 1.